The summed E-state index contributed by atoms with van der Waals surface area (Å²) in [5.74, 6) is -0.281. The van der Waals surface area contributed by atoms with Crippen molar-refractivity contribution in [3.8, 4) is 0 Å². The van der Waals surface area contributed by atoms with Gasteiger partial charge in [-0.1, -0.05) is 12.1 Å². The molecule has 1 amide bonds. The van der Waals surface area contributed by atoms with Crippen LogP contribution in [-0.2, 0) is 16.1 Å². The van der Waals surface area contributed by atoms with E-state index in [2.05, 4.69) is 10.2 Å². The Kier molecular flexibility index (Phi) is 6.42. The van der Waals surface area contributed by atoms with Crippen LogP contribution in [-0.4, -0.2) is 45.3 Å². The number of nitrogens with zero attached hydrogens (tertiary/aromatic N) is 1. The highest BCUT2D eigenvalue weighted by Gasteiger charge is 2.22. The number of carbonyl (C=O) groups is 1. The van der Waals surface area contributed by atoms with Crippen molar-refractivity contribution in [3.63, 3.8) is 0 Å². The van der Waals surface area contributed by atoms with E-state index in [0.29, 0.717) is 6.54 Å². The maximum absolute atomic E-state index is 13.0. The molecule has 0 saturated carbocycles. The summed E-state index contributed by atoms with van der Waals surface area (Å²) in [5.41, 5.74) is 2.94. The predicted molar refractivity (Wildman–Crippen MR) is 105 cm³/mol. The Morgan fingerprint density at radius 3 is 2.41 bits per heavy atom. The third kappa shape index (κ3) is 5.28. The highest BCUT2D eigenvalue weighted by atomic mass is 19.1. The van der Waals surface area contributed by atoms with Crippen LogP contribution in [0, 0.1) is 5.82 Å². The third-order valence-corrected chi connectivity index (χ3v) is 5.04. The van der Waals surface area contributed by atoms with E-state index in [0.717, 1.165) is 48.1 Å². The number of hydrogen-bond donors (Lipinski definition) is 2. The molecule has 0 bridgehead atoms. The number of hydrogen-bond acceptors (Lipinski definition) is 3. The number of rotatable bonds is 6. The Balaban J connectivity index is 1.54. The molecule has 5 nitrogen and oxygen atoms in total. The van der Waals surface area contributed by atoms with E-state index in [1.807, 2.05) is 38.2 Å². The van der Waals surface area contributed by atoms with Gasteiger partial charge in [0.2, 0.25) is 0 Å². The van der Waals surface area contributed by atoms with Gasteiger partial charge in [-0.2, -0.15) is 0 Å². The van der Waals surface area contributed by atoms with Crippen molar-refractivity contribution in [1.29, 1.82) is 0 Å². The number of halogens is 1. The van der Waals surface area contributed by atoms with E-state index < -0.39 is 0 Å². The minimum absolute atomic E-state index is 0.0336. The average molecular weight is 372 g/mol. The van der Waals surface area contributed by atoms with Gasteiger partial charge in [0.05, 0.1) is 20.3 Å². The van der Waals surface area contributed by atoms with E-state index in [9.17, 15) is 9.18 Å². The van der Waals surface area contributed by atoms with Crippen molar-refractivity contribution in [2.45, 2.75) is 19.5 Å². The number of likely N-dealkylation sites (N-methyl/N-ethyl adjacent to an activating group) is 1. The summed E-state index contributed by atoms with van der Waals surface area (Å²) in [6.45, 7) is 5.83. The largest absolute Gasteiger partial charge is 0.378 e. The molecule has 2 N–H and O–H groups in total. The number of benzene rings is 2. The van der Waals surface area contributed by atoms with Gasteiger partial charge in [-0.15, -0.1) is 0 Å². The quantitative estimate of drug-likeness (QED) is 0.812. The maximum atomic E-state index is 13.0. The number of amides is 1. The van der Waals surface area contributed by atoms with Crippen LogP contribution >= 0.6 is 0 Å². The molecule has 2 atom stereocenters. The molecule has 0 aromatic heterocycles. The first-order valence-corrected chi connectivity index (χ1v) is 9.33. The van der Waals surface area contributed by atoms with Crippen molar-refractivity contribution in [1.82, 2.24) is 0 Å². The number of anilines is 2. The van der Waals surface area contributed by atoms with Gasteiger partial charge in [-0.05, 0) is 43.3 Å². The van der Waals surface area contributed by atoms with Crippen molar-refractivity contribution in [2.75, 3.05) is 43.6 Å². The number of ether oxygens (including phenoxy) is 1. The van der Waals surface area contributed by atoms with Gasteiger partial charge in [0.25, 0.3) is 5.91 Å². The average Bonchev–Trinajstić information content (AvgIpc) is 2.70. The smallest absolute Gasteiger partial charge is 0.282 e. The first-order chi connectivity index (χ1) is 13.0. The molecule has 144 valence electrons. The van der Waals surface area contributed by atoms with Gasteiger partial charge in [0.1, 0.15) is 12.4 Å². The monoisotopic (exact) mass is 372 g/mol. The topological polar surface area (TPSA) is 46.0 Å². The minimum Gasteiger partial charge on any atom is -0.378 e. The standard InChI is InChI=1S/C21H26FN3O2/c1-16(24(2)15-17-3-5-18(22)6-4-17)21(26)23-19-7-9-20(10-8-19)25-11-13-27-14-12-25/h3-10,16H,11-15H2,1-2H3,(H,23,26)/p+1/t16-/m0/s1. The van der Waals surface area contributed by atoms with Crippen LogP contribution < -0.4 is 15.1 Å². The molecule has 0 spiro atoms. The van der Waals surface area contributed by atoms with Crippen LogP contribution in [0.25, 0.3) is 0 Å². The van der Waals surface area contributed by atoms with E-state index >= 15 is 0 Å². The van der Waals surface area contributed by atoms with Gasteiger partial charge < -0.3 is 19.9 Å². The van der Waals surface area contributed by atoms with Gasteiger partial charge >= 0.3 is 0 Å². The second-order valence-corrected chi connectivity index (χ2v) is 7.01. The van der Waals surface area contributed by atoms with Crippen LogP contribution in [0.2, 0.25) is 0 Å². The normalized spacial score (nSPS) is 16.6. The fourth-order valence-corrected chi connectivity index (χ4v) is 3.13. The fourth-order valence-electron chi connectivity index (χ4n) is 3.13. The third-order valence-electron chi connectivity index (χ3n) is 5.04. The lowest BCUT2D eigenvalue weighted by atomic mass is 10.1. The molecule has 0 radical (unpaired) electrons. The molecule has 27 heavy (non-hydrogen) atoms. The predicted octanol–water partition coefficient (Wildman–Crippen LogP) is 1.70. The zero-order valence-corrected chi connectivity index (χ0v) is 15.9. The summed E-state index contributed by atoms with van der Waals surface area (Å²) in [6.07, 6.45) is 0. The van der Waals surface area contributed by atoms with Crippen LogP contribution in [0.3, 0.4) is 0 Å². The van der Waals surface area contributed by atoms with Crippen LogP contribution in [0.5, 0.6) is 0 Å². The highest BCUT2D eigenvalue weighted by Crippen LogP contribution is 2.19. The molecule has 1 unspecified atom stereocenters. The van der Waals surface area contributed by atoms with Gasteiger partial charge in [-0.25, -0.2) is 4.39 Å². The Labute approximate surface area is 159 Å². The first kappa shape index (κ1) is 19.3. The Bertz CT molecular complexity index is 743. The van der Waals surface area contributed by atoms with E-state index in [4.69, 9.17) is 4.74 Å². The molecule has 2 aromatic rings. The Hall–Kier alpha value is -2.44. The number of nitrogens with one attached hydrogen (secondary N) is 2. The second kappa shape index (κ2) is 8.97. The minimum atomic E-state index is -0.247. The molecule has 1 heterocycles. The van der Waals surface area contributed by atoms with Crippen LogP contribution in [0.15, 0.2) is 48.5 Å². The molecule has 1 saturated heterocycles. The van der Waals surface area contributed by atoms with Gasteiger partial charge in [0, 0.05) is 30.0 Å². The highest BCUT2D eigenvalue weighted by molar-refractivity contribution is 5.93. The summed E-state index contributed by atoms with van der Waals surface area (Å²) in [7, 11) is 1.97. The van der Waals surface area contributed by atoms with E-state index in [1.165, 1.54) is 12.1 Å². The zero-order chi connectivity index (χ0) is 19.2. The summed E-state index contributed by atoms with van der Waals surface area (Å²) in [5, 5.41) is 2.98. The lowest BCUT2D eigenvalue weighted by Crippen LogP contribution is -3.12. The lowest BCUT2D eigenvalue weighted by Gasteiger charge is -2.29. The molecule has 1 aliphatic heterocycles. The summed E-state index contributed by atoms with van der Waals surface area (Å²) in [6, 6.07) is 14.1. The Morgan fingerprint density at radius 1 is 1.15 bits per heavy atom. The number of quaternary nitrogens is 1. The van der Waals surface area contributed by atoms with E-state index in [-0.39, 0.29) is 17.8 Å². The summed E-state index contributed by atoms with van der Waals surface area (Å²) < 4.78 is 18.4. The van der Waals surface area contributed by atoms with E-state index in [1.54, 1.807) is 12.1 Å². The van der Waals surface area contributed by atoms with Gasteiger partial charge in [-0.3, -0.25) is 4.79 Å². The van der Waals surface area contributed by atoms with Crippen LogP contribution in [0.1, 0.15) is 12.5 Å². The summed E-state index contributed by atoms with van der Waals surface area (Å²) in [4.78, 5) is 15.9. The first-order valence-electron chi connectivity index (χ1n) is 9.33. The maximum Gasteiger partial charge on any atom is 0.282 e. The van der Waals surface area contributed by atoms with Crippen molar-refractivity contribution < 1.29 is 18.8 Å². The number of carbonyl (C=O) groups excluding carboxylic acids is 1. The fraction of sp³-hybridized carbons (Fsp3) is 0.381. The van der Waals surface area contributed by atoms with Crippen molar-refractivity contribution in [2.24, 2.45) is 0 Å². The molecular weight excluding hydrogens is 345 g/mol. The summed E-state index contributed by atoms with van der Waals surface area (Å²) >= 11 is 0. The van der Waals surface area contributed by atoms with Crippen molar-refractivity contribution >= 4 is 17.3 Å². The Morgan fingerprint density at radius 2 is 1.78 bits per heavy atom. The lowest BCUT2D eigenvalue weighted by molar-refractivity contribution is -0.907. The van der Waals surface area contributed by atoms with Gasteiger partial charge in [0.15, 0.2) is 6.04 Å². The molecule has 1 aliphatic rings. The molecule has 2 aromatic carbocycles. The second-order valence-electron chi connectivity index (χ2n) is 7.01. The van der Waals surface area contributed by atoms with Crippen molar-refractivity contribution in [3.05, 3.63) is 59.9 Å². The number of morpholine rings is 1. The molecule has 1 fully saturated rings. The molecule has 0 aliphatic carbocycles. The molecular formula is C21H27FN3O2+. The molecule has 3 rings (SSSR count). The zero-order valence-electron chi connectivity index (χ0n) is 15.9. The van der Waals surface area contributed by atoms with Crippen LogP contribution in [0.4, 0.5) is 15.8 Å². The SMILES string of the molecule is C[C@@H](C(=O)Nc1ccc(N2CCOCC2)cc1)[NH+](C)Cc1ccc(F)cc1. The molecule has 6 heteroatoms.